The predicted molar refractivity (Wildman–Crippen MR) is 74.4 cm³/mol. The fourth-order valence-electron chi connectivity index (χ4n) is 2.06. The number of nitrogens with zero attached hydrogens (tertiary/aromatic N) is 2. The first-order valence-corrected chi connectivity index (χ1v) is 7.34. The summed E-state index contributed by atoms with van der Waals surface area (Å²) in [5, 5.41) is 6.92. The summed E-state index contributed by atoms with van der Waals surface area (Å²) in [7, 11) is 0. The second kappa shape index (κ2) is 5.41. The number of aromatic nitrogens is 3. The van der Waals surface area contributed by atoms with E-state index in [9.17, 15) is 9.18 Å². The minimum absolute atomic E-state index is 0.211. The maximum atomic E-state index is 14.0. The normalized spacial score (nSPS) is 14.7. The number of hydrogen-bond donors (Lipinski definition) is 2. The average Bonchev–Trinajstić information content (AvgIpc) is 3.18. The molecule has 1 fully saturated rings. The van der Waals surface area contributed by atoms with Gasteiger partial charge in [0, 0.05) is 6.04 Å². The smallest absolute Gasteiger partial charge is 0.330 e. The highest BCUT2D eigenvalue weighted by Gasteiger charge is 2.29. The molecule has 0 amide bonds. The molecule has 1 aromatic carbocycles. The van der Waals surface area contributed by atoms with Crippen LogP contribution < -0.4 is 11.4 Å². The number of H-pyrrole nitrogens is 1. The summed E-state index contributed by atoms with van der Waals surface area (Å²) in [6.07, 6.45) is 2.60. The Morgan fingerprint density at radius 2 is 2.30 bits per heavy atom. The zero-order valence-electron chi connectivity index (χ0n) is 10.8. The van der Waals surface area contributed by atoms with E-state index in [2.05, 4.69) is 10.2 Å². The number of nitrogens with one attached hydrogen (secondary N) is 1. The summed E-state index contributed by atoms with van der Waals surface area (Å²) in [5.41, 5.74) is 6.10. The van der Waals surface area contributed by atoms with E-state index in [1.165, 1.54) is 17.8 Å². The highest BCUT2D eigenvalue weighted by Crippen LogP contribution is 2.38. The molecular formula is C13H15FN4OS. The largest absolute Gasteiger partial charge is 0.344 e. The Hall–Kier alpha value is -1.60. The molecule has 0 radical (unpaired) electrons. The number of rotatable bonds is 5. The first-order valence-electron chi connectivity index (χ1n) is 6.52. The SMILES string of the molecule is NCCc1ccc(Sc2n[nH]c(=O)n2C2CC2)c(F)c1. The lowest BCUT2D eigenvalue weighted by Crippen LogP contribution is -2.16. The van der Waals surface area contributed by atoms with Crippen LogP contribution in [0.2, 0.25) is 0 Å². The van der Waals surface area contributed by atoms with E-state index in [-0.39, 0.29) is 17.5 Å². The monoisotopic (exact) mass is 294 g/mol. The van der Waals surface area contributed by atoms with Gasteiger partial charge in [-0.1, -0.05) is 6.07 Å². The Labute approximate surface area is 119 Å². The molecule has 1 aliphatic rings. The van der Waals surface area contributed by atoms with Crippen LogP contribution in [0.4, 0.5) is 4.39 Å². The van der Waals surface area contributed by atoms with Gasteiger partial charge in [0.2, 0.25) is 0 Å². The van der Waals surface area contributed by atoms with E-state index in [1.54, 1.807) is 10.6 Å². The fraction of sp³-hybridized carbons (Fsp3) is 0.385. The van der Waals surface area contributed by atoms with Crippen molar-refractivity contribution < 1.29 is 4.39 Å². The first kappa shape index (κ1) is 13.4. The average molecular weight is 294 g/mol. The third kappa shape index (κ3) is 2.64. The zero-order valence-corrected chi connectivity index (χ0v) is 11.6. The number of halogens is 1. The molecule has 7 heteroatoms. The number of nitrogens with two attached hydrogens (primary N) is 1. The van der Waals surface area contributed by atoms with Crippen molar-refractivity contribution >= 4 is 11.8 Å². The Bertz CT molecular complexity index is 677. The van der Waals surface area contributed by atoms with E-state index in [1.807, 2.05) is 6.07 Å². The highest BCUT2D eigenvalue weighted by atomic mass is 32.2. The fourth-order valence-corrected chi connectivity index (χ4v) is 2.98. The van der Waals surface area contributed by atoms with E-state index in [0.29, 0.717) is 23.0 Å². The molecule has 0 spiro atoms. The number of aromatic amines is 1. The summed E-state index contributed by atoms with van der Waals surface area (Å²) >= 11 is 1.17. The van der Waals surface area contributed by atoms with Crippen LogP contribution in [0.25, 0.3) is 0 Å². The molecule has 0 aliphatic heterocycles. The number of benzene rings is 1. The molecule has 5 nitrogen and oxygen atoms in total. The van der Waals surface area contributed by atoms with Gasteiger partial charge in [0.25, 0.3) is 0 Å². The van der Waals surface area contributed by atoms with Crippen LogP contribution in [0.1, 0.15) is 24.4 Å². The summed E-state index contributed by atoms with van der Waals surface area (Å²) in [5.74, 6) is -0.307. The summed E-state index contributed by atoms with van der Waals surface area (Å²) < 4.78 is 15.6. The van der Waals surface area contributed by atoms with Gasteiger partial charge >= 0.3 is 5.69 Å². The van der Waals surface area contributed by atoms with Crippen molar-refractivity contribution in [3.63, 3.8) is 0 Å². The van der Waals surface area contributed by atoms with Gasteiger partial charge in [-0.25, -0.2) is 14.3 Å². The molecule has 0 atom stereocenters. The molecule has 106 valence electrons. The first-order chi connectivity index (χ1) is 9.69. The van der Waals surface area contributed by atoms with Crippen molar-refractivity contribution in [2.24, 2.45) is 5.73 Å². The van der Waals surface area contributed by atoms with Gasteiger partial charge in [-0.15, -0.1) is 5.10 Å². The van der Waals surface area contributed by atoms with Gasteiger partial charge in [-0.05, 0) is 55.3 Å². The molecule has 1 heterocycles. The molecule has 20 heavy (non-hydrogen) atoms. The number of hydrogen-bond acceptors (Lipinski definition) is 4. The zero-order chi connectivity index (χ0) is 14.1. The van der Waals surface area contributed by atoms with E-state index in [4.69, 9.17) is 5.73 Å². The Morgan fingerprint density at radius 3 is 2.95 bits per heavy atom. The molecule has 0 saturated heterocycles. The molecule has 1 aromatic heterocycles. The van der Waals surface area contributed by atoms with Crippen molar-refractivity contribution in [1.29, 1.82) is 0 Å². The van der Waals surface area contributed by atoms with Gasteiger partial charge < -0.3 is 5.73 Å². The Balaban J connectivity index is 1.86. The van der Waals surface area contributed by atoms with Crippen LogP contribution in [-0.4, -0.2) is 21.3 Å². The standard InChI is InChI=1S/C13H15FN4OS/c14-10-7-8(5-6-15)1-4-11(10)20-13-17-16-12(19)18(13)9-2-3-9/h1,4,7,9H,2-3,5-6,15H2,(H,16,19). The highest BCUT2D eigenvalue weighted by molar-refractivity contribution is 7.99. The lowest BCUT2D eigenvalue weighted by Gasteiger charge is -2.06. The van der Waals surface area contributed by atoms with E-state index in [0.717, 1.165) is 18.4 Å². The van der Waals surface area contributed by atoms with Crippen LogP contribution in [0.5, 0.6) is 0 Å². The molecule has 1 saturated carbocycles. The molecule has 3 N–H and O–H groups in total. The third-order valence-electron chi connectivity index (χ3n) is 3.21. The summed E-state index contributed by atoms with van der Waals surface area (Å²) in [6, 6.07) is 5.26. The second-order valence-electron chi connectivity index (χ2n) is 4.82. The minimum Gasteiger partial charge on any atom is -0.330 e. The summed E-state index contributed by atoms with van der Waals surface area (Å²) in [6.45, 7) is 0.493. The second-order valence-corrected chi connectivity index (χ2v) is 5.83. The van der Waals surface area contributed by atoms with Crippen LogP contribution in [0.15, 0.2) is 33.0 Å². The van der Waals surface area contributed by atoms with Crippen molar-refractivity contribution in [2.45, 2.75) is 35.4 Å². The van der Waals surface area contributed by atoms with Crippen molar-refractivity contribution in [3.8, 4) is 0 Å². The summed E-state index contributed by atoms with van der Waals surface area (Å²) in [4.78, 5) is 12.1. The van der Waals surface area contributed by atoms with Crippen LogP contribution in [-0.2, 0) is 6.42 Å². The quantitative estimate of drug-likeness (QED) is 0.880. The van der Waals surface area contributed by atoms with Gasteiger partial charge in [-0.2, -0.15) is 0 Å². The Kier molecular flexibility index (Phi) is 3.62. The topological polar surface area (TPSA) is 76.7 Å². The van der Waals surface area contributed by atoms with Crippen molar-refractivity contribution in [1.82, 2.24) is 14.8 Å². The van der Waals surface area contributed by atoms with Crippen LogP contribution >= 0.6 is 11.8 Å². The van der Waals surface area contributed by atoms with Gasteiger partial charge in [0.15, 0.2) is 5.16 Å². The molecule has 3 rings (SSSR count). The van der Waals surface area contributed by atoms with Gasteiger partial charge in [0.05, 0.1) is 4.90 Å². The molecule has 0 bridgehead atoms. The minimum atomic E-state index is -0.307. The maximum Gasteiger partial charge on any atom is 0.344 e. The van der Waals surface area contributed by atoms with E-state index >= 15 is 0 Å². The van der Waals surface area contributed by atoms with Crippen molar-refractivity contribution in [3.05, 3.63) is 40.1 Å². The van der Waals surface area contributed by atoms with Crippen LogP contribution in [0, 0.1) is 5.82 Å². The molecular weight excluding hydrogens is 279 g/mol. The lowest BCUT2D eigenvalue weighted by molar-refractivity contribution is 0.597. The third-order valence-corrected chi connectivity index (χ3v) is 4.24. The molecule has 1 aliphatic carbocycles. The molecule has 0 unspecified atom stereocenters. The lowest BCUT2D eigenvalue weighted by atomic mass is 10.1. The molecule has 2 aromatic rings. The Morgan fingerprint density at radius 1 is 1.50 bits per heavy atom. The maximum absolute atomic E-state index is 14.0. The van der Waals surface area contributed by atoms with Crippen LogP contribution in [0.3, 0.4) is 0 Å². The van der Waals surface area contributed by atoms with E-state index < -0.39 is 0 Å². The van der Waals surface area contributed by atoms with Crippen molar-refractivity contribution in [2.75, 3.05) is 6.54 Å². The van der Waals surface area contributed by atoms with Gasteiger partial charge in [0.1, 0.15) is 5.82 Å². The van der Waals surface area contributed by atoms with Gasteiger partial charge in [-0.3, -0.25) is 4.57 Å². The predicted octanol–water partition coefficient (Wildman–Crippen LogP) is 1.70.